The van der Waals surface area contributed by atoms with Crippen LogP contribution in [0.1, 0.15) is 17.3 Å². The number of carbonyl (C=O) groups is 1. The van der Waals surface area contributed by atoms with Crippen molar-refractivity contribution in [3.63, 3.8) is 0 Å². The van der Waals surface area contributed by atoms with Gasteiger partial charge in [-0.3, -0.25) is 4.79 Å². The Morgan fingerprint density at radius 2 is 1.81 bits per heavy atom. The first kappa shape index (κ1) is 12.9. The Morgan fingerprint density at radius 3 is 2.25 bits per heavy atom. The highest BCUT2D eigenvalue weighted by Gasteiger charge is 2.34. The molecule has 0 amide bonds. The number of Topliss-reactive ketones (excluding diaryl/α,β-unsaturated/α-hetero) is 1. The molecule has 1 N–H and O–H groups in total. The van der Waals surface area contributed by atoms with E-state index in [1.54, 1.807) is 30.3 Å². The third-order valence-corrected chi connectivity index (χ3v) is 3.15. The van der Waals surface area contributed by atoms with Gasteiger partial charge in [0.15, 0.2) is 15.6 Å². The number of hydrogen-bond acceptors (Lipinski definition) is 4. The van der Waals surface area contributed by atoms with Gasteiger partial charge in [-0.05, 0) is 6.92 Å². The summed E-state index contributed by atoms with van der Waals surface area (Å²) in [5.41, 5.74) is -1.58. The van der Waals surface area contributed by atoms with Gasteiger partial charge in [0.1, 0.15) is 5.60 Å². The molecule has 5 heteroatoms. The molecule has 0 spiro atoms. The molecule has 4 nitrogen and oxygen atoms in total. The van der Waals surface area contributed by atoms with Crippen LogP contribution in [0.5, 0.6) is 0 Å². The first-order valence-electron chi connectivity index (χ1n) is 4.72. The molecule has 88 valence electrons. The first-order valence-corrected chi connectivity index (χ1v) is 6.78. The number of hydrogen-bond donors (Lipinski definition) is 1. The van der Waals surface area contributed by atoms with Crippen molar-refractivity contribution in [2.24, 2.45) is 0 Å². The minimum absolute atomic E-state index is 0.302. The van der Waals surface area contributed by atoms with E-state index < -0.39 is 27.0 Å². The maximum atomic E-state index is 11.8. The second kappa shape index (κ2) is 4.35. The second-order valence-corrected chi connectivity index (χ2v) is 6.18. The van der Waals surface area contributed by atoms with Crippen LogP contribution in [0, 0.1) is 0 Å². The van der Waals surface area contributed by atoms with Crippen molar-refractivity contribution in [2.75, 3.05) is 12.0 Å². The van der Waals surface area contributed by atoms with Crippen LogP contribution in [0.25, 0.3) is 0 Å². The van der Waals surface area contributed by atoms with Crippen LogP contribution >= 0.6 is 0 Å². The van der Waals surface area contributed by atoms with Gasteiger partial charge >= 0.3 is 0 Å². The molecule has 0 saturated heterocycles. The van der Waals surface area contributed by atoms with E-state index in [-0.39, 0.29) is 0 Å². The minimum Gasteiger partial charge on any atom is -0.381 e. The van der Waals surface area contributed by atoms with Gasteiger partial charge in [0.2, 0.25) is 0 Å². The monoisotopic (exact) mass is 242 g/mol. The molecular formula is C11H14O4S. The lowest BCUT2D eigenvalue weighted by Gasteiger charge is -2.20. The molecular weight excluding hydrogens is 228 g/mol. The Hall–Kier alpha value is -1.20. The normalized spacial score (nSPS) is 15.4. The van der Waals surface area contributed by atoms with Crippen molar-refractivity contribution in [1.29, 1.82) is 0 Å². The molecule has 0 aliphatic heterocycles. The molecule has 1 aromatic carbocycles. The third-order valence-electron chi connectivity index (χ3n) is 2.07. The summed E-state index contributed by atoms with van der Waals surface area (Å²) in [7, 11) is -3.41. The predicted molar refractivity (Wildman–Crippen MR) is 61.1 cm³/mol. The summed E-state index contributed by atoms with van der Waals surface area (Å²) >= 11 is 0. The third kappa shape index (κ3) is 3.43. The fourth-order valence-corrected chi connectivity index (χ4v) is 2.63. The Balaban J connectivity index is 2.98. The van der Waals surface area contributed by atoms with Crippen LogP contribution in [0.4, 0.5) is 0 Å². The molecule has 0 radical (unpaired) electrons. The fourth-order valence-electron chi connectivity index (χ4n) is 1.48. The average Bonchev–Trinajstić information content (AvgIpc) is 2.14. The van der Waals surface area contributed by atoms with Gasteiger partial charge in [0, 0.05) is 11.8 Å². The van der Waals surface area contributed by atoms with Gasteiger partial charge in [-0.15, -0.1) is 0 Å². The molecule has 0 bridgehead atoms. The topological polar surface area (TPSA) is 71.4 Å². The number of benzene rings is 1. The number of rotatable bonds is 4. The molecule has 1 atom stereocenters. The van der Waals surface area contributed by atoms with E-state index in [2.05, 4.69) is 0 Å². The van der Waals surface area contributed by atoms with E-state index in [0.29, 0.717) is 5.56 Å². The molecule has 0 aliphatic carbocycles. The standard InChI is InChI=1S/C11H14O4S/c1-11(13,8-16(2,14)15)10(12)9-6-4-3-5-7-9/h3-7,13H,8H2,1-2H3. The number of aliphatic hydroxyl groups is 1. The van der Waals surface area contributed by atoms with Crippen LogP contribution < -0.4 is 0 Å². The van der Waals surface area contributed by atoms with E-state index >= 15 is 0 Å². The van der Waals surface area contributed by atoms with Crippen molar-refractivity contribution in [3.8, 4) is 0 Å². The molecule has 0 fully saturated rings. The quantitative estimate of drug-likeness (QED) is 0.787. The molecule has 0 saturated carbocycles. The molecule has 0 aliphatic rings. The predicted octanol–water partition coefficient (Wildman–Crippen LogP) is 0.665. The van der Waals surface area contributed by atoms with Crippen molar-refractivity contribution < 1.29 is 18.3 Å². The zero-order chi connectivity index (χ0) is 12.4. The average molecular weight is 242 g/mol. The highest BCUT2D eigenvalue weighted by Crippen LogP contribution is 2.15. The smallest absolute Gasteiger partial charge is 0.195 e. The maximum absolute atomic E-state index is 11.8. The van der Waals surface area contributed by atoms with E-state index in [0.717, 1.165) is 6.26 Å². The lowest BCUT2D eigenvalue weighted by atomic mass is 9.97. The van der Waals surface area contributed by atoms with Crippen LogP contribution in [0.3, 0.4) is 0 Å². The molecule has 1 aromatic rings. The van der Waals surface area contributed by atoms with Crippen LogP contribution in [-0.4, -0.2) is 36.9 Å². The van der Waals surface area contributed by atoms with E-state index in [9.17, 15) is 18.3 Å². The van der Waals surface area contributed by atoms with Crippen LogP contribution in [0.15, 0.2) is 30.3 Å². The molecule has 0 heterocycles. The van der Waals surface area contributed by atoms with Crippen molar-refractivity contribution in [2.45, 2.75) is 12.5 Å². The minimum atomic E-state index is -3.41. The van der Waals surface area contributed by atoms with Gasteiger partial charge in [-0.1, -0.05) is 30.3 Å². The Bertz CT molecular complexity index is 474. The highest BCUT2D eigenvalue weighted by atomic mass is 32.2. The van der Waals surface area contributed by atoms with Gasteiger partial charge in [-0.2, -0.15) is 0 Å². The van der Waals surface area contributed by atoms with E-state index in [1.165, 1.54) is 6.92 Å². The fraction of sp³-hybridized carbons (Fsp3) is 0.364. The Labute approximate surface area is 94.8 Å². The van der Waals surface area contributed by atoms with Crippen molar-refractivity contribution in [3.05, 3.63) is 35.9 Å². The summed E-state index contributed by atoms with van der Waals surface area (Å²) in [6, 6.07) is 8.13. The summed E-state index contributed by atoms with van der Waals surface area (Å²) < 4.78 is 22.1. The summed E-state index contributed by atoms with van der Waals surface area (Å²) in [6.07, 6.45) is 0.986. The number of ketones is 1. The number of carbonyl (C=O) groups excluding carboxylic acids is 1. The second-order valence-electron chi connectivity index (χ2n) is 4.04. The van der Waals surface area contributed by atoms with Crippen LogP contribution in [0.2, 0.25) is 0 Å². The number of sulfone groups is 1. The van der Waals surface area contributed by atoms with Gasteiger partial charge in [0.05, 0.1) is 5.75 Å². The summed E-state index contributed by atoms with van der Waals surface area (Å²) in [5, 5.41) is 9.84. The van der Waals surface area contributed by atoms with Crippen molar-refractivity contribution >= 4 is 15.6 Å². The zero-order valence-electron chi connectivity index (χ0n) is 9.17. The summed E-state index contributed by atoms with van der Waals surface area (Å²) in [6.45, 7) is 1.21. The highest BCUT2D eigenvalue weighted by molar-refractivity contribution is 7.90. The molecule has 0 aromatic heterocycles. The molecule has 1 rings (SSSR count). The molecule has 1 unspecified atom stereocenters. The van der Waals surface area contributed by atoms with Crippen LogP contribution in [-0.2, 0) is 9.84 Å². The maximum Gasteiger partial charge on any atom is 0.195 e. The SMILES string of the molecule is CC(O)(CS(C)(=O)=O)C(=O)c1ccccc1. The van der Waals surface area contributed by atoms with Gasteiger partial charge in [0.25, 0.3) is 0 Å². The van der Waals surface area contributed by atoms with E-state index in [4.69, 9.17) is 0 Å². The largest absolute Gasteiger partial charge is 0.381 e. The first-order chi connectivity index (χ1) is 7.22. The lowest BCUT2D eigenvalue weighted by molar-refractivity contribution is 0.0500. The summed E-state index contributed by atoms with van der Waals surface area (Å²) in [5.74, 6) is -1.16. The Morgan fingerprint density at radius 1 is 1.31 bits per heavy atom. The Kier molecular flexibility index (Phi) is 3.50. The molecule has 16 heavy (non-hydrogen) atoms. The van der Waals surface area contributed by atoms with Gasteiger partial charge in [-0.25, -0.2) is 8.42 Å². The van der Waals surface area contributed by atoms with Gasteiger partial charge < -0.3 is 5.11 Å². The van der Waals surface area contributed by atoms with Crippen molar-refractivity contribution in [1.82, 2.24) is 0 Å². The van der Waals surface area contributed by atoms with E-state index in [1.807, 2.05) is 0 Å². The zero-order valence-corrected chi connectivity index (χ0v) is 9.99. The lowest BCUT2D eigenvalue weighted by Crippen LogP contribution is -2.41. The summed E-state index contributed by atoms with van der Waals surface area (Å²) in [4.78, 5) is 11.8.